The molecule has 0 bridgehead atoms. The van der Waals surface area contributed by atoms with E-state index in [1.54, 1.807) is 0 Å². The molecule has 218 valence electrons. The molecule has 0 aliphatic carbocycles. The molecule has 0 spiro atoms. The number of carboxylic acid groups (broad SMARTS) is 1. The van der Waals surface area contributed by atoms with Crippen LogP contribution in [0.1, 0.15) is 96.1 Å². The Bertz CT molecular complexity index is 953. The molecule has 5 atom stereocenters. The summed E-state index contributed by atoms with van der Waals surface area (Å²) >= 11 is 0. The highest BCUT2D eigenvalue weighted by Crippen LogP contribution is 2.37. The van der Waals surface area contributed by atoms with Gasteiger partial charge in [-0.1, -0.05) is 70.6 Å². The van der Waals surface area contributed by atoms with Gasteiger partial charge in [0.1, 0.15) is 18.3 Å². The lowest BCUT2D eigenvalue weighted by Gasteiger charge is -2.23. The Kier molecular flexibility index (Phi) is 15.7. The van der Waals surface area contributed by atoms with E-state index in [4.69, 9.17) is 19.1 Å². The number of ether oxygens (including phenoxy) is 2. The Labute approximate surface area is 223 Å². The minimum Gasteiger partial charge on any atom is -0.481 e. The zero-order chi connectivity index (χ0) is 27.8. The number of nitrogens with zero attached hydrogens (tertiary/aromatic N) is 1. The zero-order valence-electron chi connectivity index (χ0n) is 21.9. The fraction of sp³-hybridized carbons (Fsp3) is 0.800. The molecule has 1 aromatic rings. The molecule has 1 fully saturated rings. The molecular weight excluding hydrogens is 519 g/mol. The van der Waals surface area contributed by atoms with Crippen LogP contribution in [-0.2, 0) is 23.4 Å². The van der Waals surface area contributed by atoms with Gasteiger partial charge in [0.15, 0.2) is 6.23 Å². The molecule has 3 unspecified atom stereocenters. The summed E-state index contributed by atoms with van der Waals surface area (Å²) in [7, 11) is -3.40. The standard InChI is InChI=1S/C25H43N2O10P/c28-18-19-22(23(37-38(33)34)24(36-19)27-16-15-20(29)26-25(27)32)35-17-13-11-9-7-5-3-1-2-4-6-8-10-12-14-21(30)31/h15-16,19,22-24,28,38H,1-14,17-18H2,(H,30,31)(H,33,34)(H,26,29,32)/t19-,22?,23?,24-/m1/s1. The first kappa shape index (κ1) is 32.4. The van der Waals surface area contributed by atoms with Crippen LogP contribution in [0.4, 0.5) is 0 Å². The van der Waals surface area contributed by atoms with Crippen LogP contribution in [0.2, 0.25) is 0 Å². The van der Waals surface area contributed by atoms with Crippen LogP contribution in [0, 0.1) is 0 Å². The molecule has 1 aliphatic rings. The summed E-state index contributed by atoms with van der Waals surface area (Å²) in [5.74, 6) is -0.714. The highest BCUT2D eigenvalue weighted by atomic mass is 31.1. The van der Waals surface area contributed by atoms with E-state index in [0.717, 1.165) is 55.6 Å². The average Bonchev–Trinajstić information content (AvgIpc) is 3.19. The molecule has 38 heavy (non-hydrogen) atoms. The number of nitrogens with one attached hydrogen (secondary N) is 1. The highest BCUT2D eigenvalue weighted by Gasteiger charge is 2.48. The second-order valence-electron chi connectivity index (χ2n) is 9.69. The summed E-state index contributed by atoms with van der Waals surface area (Å²) in [6.07, 6.45) is 11.5. The number of carbonyl (C=O) groups is 1. The molecule has 4 N–H and O–H groups in total. The number of aliphatic hydroxyl groups excluding tert-OH is 1. The summed E-state index contributed by atoms with van der Waals surface area (Å²) in [4.78, 5) is 45.5. The van der Waals surface area contributed by atoms with Crippen molar-refractivity contribution < 1.29 is 38.5 Å². The maximum Gasteiger partial charge on any atom is 0.330 e. The lowest BCUT2D eigenvalue weighted by atomic mass is 10.0. The molecule has 13 heteroatoms. The first-order chi connectivity index (χ1) is 18.3. The number of H-pyrrole nitrogens is 1. The number of hydrogen-bond acceptors (Lipinski definition) is 8. The number of carboxylic acids is 1. The van der Waals surface area contributed by atoms with E-state index in [-0.39, 0.29) is 6.42 Å². The fourth-order valence-corrected chi connectivity index (χ4v) is 5.18. The Hall–Kier alpha value is -1.82. The van der Waals surface area contributed by atoms with E-state index in [0.29, 0.717) is 6.61 Å². The molecule has 0 aromatic carbocycles. The van der Waals surface area contributed by atoms with E-state index in [2.05, 4.69) is 4.98 Å². The minimum absolute atomic E-state index is 0.271. The third kappa shape index (κ3) is 11.9. The molecule has 0 saturated carbocycles. The van der Waals surface area contributed by atoms with Crippen molar-refractivity contribution in [1.29, 1.82) is 0 Å². The second kappa shape index (κ2) is 18.5. The molecular formula is C25H43N2O10P. The van der Waals surface area contributed by atoms with Gasteiger partial charge in [-0.15, -0.1) is 0 Å². The van der Waals surface area contributed by atoms with E-state index < -0.39 is 56.6 Å². The van der Waals surface area contributed by atoms with E-state index >= 15 is 0 Å². The van der Waals surface area contributed by atoms with E-state index in [1.165, 1.54) is 44.7 Å². The topological polar surface area (TPSA) is 177 Å². The fourth-order valence-electron chi connectivity index (χ4n) is 4.69. The molecule has 2 rings (SSSR count). The smallest absolute Gasteiger partial charge is 0.330 e. The highest BCUT2D eigenvalue weighted by molar-refractivity contribution is 7.32. The van der Waals surface area contributed by atoms with Crippen molar-refractivity contribution in [3.05, 3.63) is 33.1 Å². The molecule has 12 nitrogen and oxygen atoms in total. The quantitative estimate of drug-likeness (QED) is 0.129. The van der Waals surface area contributed by atoms with Crippen molar-refractivity contribution in [2.45, 2.75) is 114 Å². The third-order valence-electron chi connectivity index (χ3n) is 6.67. The van der Waals surface area contributed by atoms with Crippen LogP contribution in [0.25, 0.3) is 0 Å². The van der Waals surface area contributed by atoms with Crippen LogP contribution in [0.3, 0.4) is 0 Å². The van der Waals surface area contributed by atoms with Gasteiger partial charge in [-0.25, -0.2) is 4.79 Å². The van der Waals surface area contributed by atoms with Gasteiger partial charge in [0.05, 0.1) is 6.61 Å². The average molecular weight is 563 g/mol. The van der Waals surface area contributed by atoms with Crippen molar-refractivity contribution in [3.8, 4) is 0 Å². The van der Waals surface area contributed by atoms with Crippen molar-refractivity contribution in [1.82, 2.24) is 9.55 Å². The lowest BCUT2D eigenvalue weighted by Crippen LogP contribution is -2.40. The normalized spacial score (nSPS) is 22.1. The summed E-state index contributed by atoms with van der Waals surface area (Å²) in [6.45, 7) is -0.0906. The number of aliphatic hydroxyl groups is 1. The molecule has 0 radical (unpaired) electrons. The van der Waals surface area contributed by atoms with E-state index in [1.807, 2.05) is 0 Å². The van der Waals surface area contributed by atoms with Gasteiger partial charge in [-0.05, 0) is 12.8 Å². The van der Waals surface area contributed by atoms with Crippen LogP contribution in [-0.4, -0.2) is 62.2 Å². The van der Waals surface area contributed by atoms with Crippen LogP contribution < -0.4 is 11.2 Å². The second-order valence-corrected chi connectivity index (χ2v) is 10.5. The number of aromatic nitrogens is 2. The number of rotatable bonds is 21. The van der Waals surface area contributed by atoms with Crippen molar-refractivity contribution >= 4 is 14.2 Å². The molecule has 1 aliphatic heterocycles. The summed E-state index contributed by atoms with van der Waals surface area (Å²) in [6, 6.07) is 1.12. The Balaban J connectivity index is 1.62. The Morgan fingerprint density at radius 1 is 0.947 bits per heavy atom. The monoisotopic (exact) mass is 562 g/mol. The number of unbranched alkanes of at least 4 members (excludes halogenated alkanes) is 12. The first-order valence-electron chi connectivity index (χ1n) is 13.6. The van der Waals surface area contributed by atoms with Crippen molar-refractivity contribution in [2.24, 2.45) is 0 Å². The number of hydrogen-bond donors (Lipinski definition) is 4. The predicted molar refractivity (Wildman–Crippen MR) is 140 cm³/mol. The van der Waals surface area contributed by atoms with Gasteiger partial charge in [0, 0.05) is 25.3 Å². The lowest BCUT2D eigenvalue weighted by molar-refractivity contribution is -0.137. The molecule has 1 aromatic heterocycles. The largest absolute Gasteiger partial charge is 0.481 e. The van der Waals surface area contributed by atoms with Gasteiger partial charge >= 0.3 is 19.9 Å². The Morgan fingerprint density at radius 2 is 1.50 bits per heavy atom. The zero-order valence-corrected chi connectivity index (χ0v) is 22.9. The van der Waals surface area contributed by atoms with E-state index in [9.17, 15) is 28.9 Å². The van der Waals surface area contributed by atoms with Gasteiger partial charge in [-0.3, -0.25) is 28.2 Å². The predicted octanol–water partition coefficient (Wildman–Crippen LogP) is 3.12. The maximum absolute atomic E-state index is 12.2. The van der Waals surface area contributed by atoms with Crippen LogP contribution in [0.15, 0.2) is 21.9 Å². The number of aliphatic carboxylic acids is 1. The van der Waals surface area contributed by atoms with Crippen LogP contribution >= 0.6 is 8.25 Å². The van der Waals surface area contributed by atoms with Gasteiger partial charge in [-0.2, -0.15) is 0 Å². The summed E-state index contributed by atoms with van der Waals surface area (Å²) in [5.41, 5.74) is -1.36. The number of aromatic amines is 1. The maximum atomic E-state index is 12.2. The van der Waals surface area contributed by atoms with Gasteiger partial charge < -0.3 is 24.6 Å². The molecule has 2 heterocycles. The minimum atomic E-state index is -3.40. The first-order valence-corrected chi connectivity index (χ1v) is 14.9. The third-order valence-corrected chi connectivity index (χ3v) is 7.15. The van der Waals surface area contributed by atoms with Crippen molar-refractivity contribution in [2.75, 3.05) is 13.2 Å². The summed E-state index contributed by atoms with van der Waals surface area (Å²) in [5, 5.41) is 18.4. The molecule has 1 saturated heterocycles. The van der Waals surface area contributed by atoms with Crippen molar-refractivity contribution in [3.63, 3.8) is 0 Å². The Morgan fingerprint density at radius 3 is 2.00 bits per heavy atom. The van der Waals surface area contributed by atoms with Gasteiger partial charge in [0.25, 0.3) is 5.56 Å². The summed E-state index contributed by atoms with van der Waals surface area (Å²) < 4.78 is 29.3. The SMILES string of the molecule is O=C(O)CCCCCCCCCCCCCCCOC1C(O[PH](=O)O)[C@H](n2ccc(=O)[nH]c2=O)O[C@@H]1CO. The van der Waals surface area contributed by atoms with Gasteiger partial charge in [0.2, 0.25) is 0 Å². The van der Waals surface area contributed by atoms with Crippen LogP contribution in [0.5, 0.6) is 0 Å². The molecule has 0 amide bonds.